The zero-order valence-corrected chi connectivity index (χ0v) is 18.5. The van der Waals surface area contributed by atoms with E-state index in [2.05, 4.69) is 21.2 Å². The molecule has 0 heterocycles. The monoisotopic (exact) mass is 470 g/mol. The molecule has 1 N–H and O–H groups in total. The van der Waals surface area contributed by atoms with Crippen molar-refractivity contribution in [3.05, 3.63) is 52.5 Å². The Morgan fingerprint density at radius 1 is 1.14 bits per heavy atom. The highest BCUT2D eigenvalue weighted by molar-refractivity contribution is 9.10. The zero-order valence-electron chi connectivity index (χ0n) is 16.1. The first kappa shape index (κ1) is 22.0. The van der Waals surface area contributed by atoms with E-state index in [-0.39, 0.29) is 12.6 Å². The summed E-state index contributed by atoms with van der Waals surface area (Å²) in [6, 6.07) is 11.8. The Labute approximate surface area is 173 Å². The Morgan fingerprint density at radius 2 is 1.79 bits per heavy atom. The van der Waals surface area contributed by atoms with Gasteiger partial charge in [-0.2, -0.15) is 0 Å². The first-order chi connectivity index (χ1) is 13.2. The molecule has 0 aliphatic rings. The summed E-state index contributed by atoms with van der Waals surface area (Å²) in [4.78, 5) is 12.6. The van der Waals surface area contributed by atoms with Gasteiger partial charge in [-0.1, -0.05) is 18.2 Å². The summed E-state index contributed by atoms with van der Waals surface area (Å²) in [6.07, 6.45) is 1.07. The SMILES string of the molecule is COc1ccc([C@H](C)NC(=O)CN(c2ccccc2Br)S(C)(=O)=O)cc1OC. The third-order valence-electron chi connectivity index (χ3n) is 4.09. The summed E-state index contributed by atoms with van der Waals surface area (Å²) >= 11 is 3.33. The molecule has 152 valence electrons. The molecule has 0 saturated heterocycles. The number of para-hydroxylation sites is 1. The number of carbonyl (C=O) groups excluding carboxylic acids is 1. The van der Waals surface area contributed by atoms with Gasteiger partial charge < -0.3 is 14.8 Å². The minimum absolute atomic E-state index is 0.334. The van der Waals surface area contributed by atoms with Crippen LogP contribution in [0.2, 0.25) is 0 Å². The molecule has 9 heteroatoms. The highest BCUT2D eigenvalue weighted by Gasteiger charge is 2.23. The van der Waals surface area contributed by atoms with Crippen molar-refractivity contribution in [2.24, 2.45) is 0 Å². The van der Waals surface area contributed by atoms with Gasteiger partial charge in [-0.25, -0.2) is 8.42 Å². The number of anilines is 1. The average Bonchev–Trinajstić information content (AvgIpc) is 2.65. The lowest BCUT2D eigenvalue weighted by molar-refractivity contribution is -0.120. The molecule has 2 aromatic carbocycles. The van der Waals surface area contributed by atoms with E-state index in [1.165, 1.54) is 7.11 Å². The number of amides is 1. The Bertz CT molecular complexity index is 949. The van der Waals surface area contributed by atoms with E-state index in [9.17, 15) is 13.2 Å². The lowest BCUT2D eigenvalue weighted by Crippen LogP contribution is -2.41. The molecule has 0 aromatic heterocycles. The maximum atomic E-state index is 12.6. The smallest absolute Gasteiger partial charge is 0.241 e. The van der Waals surface area contributed by atoms with Crippen LogP contribution in [0.25, 0.3) is 0 Å². The van der Waals surface area contributed by atoms with Crippen molar-refractivity contribution in [1.82, 2.24) is 5.32 Å². The number of benzene rings is 2. The summed E-state index contributed by atoms with van der Waals surface area (Å²) in [5.41, 5.74) is 1.21. The van der Waals surface area contributed by atoms with Crippen molar-refractivity contribution >= 4 is 37.5 Å². The molecule has 0 fully saturated rings. The molecule has 0 aliphatic carbocycles. The van der Waals surface area contributed by atoms with Crippen molar-refractivity contribution in [2.45, 2.75) is 13.0 Å². The second-order valence-corrected chi connectivity index (χ2v) is 8.89. The summed E-state index contributed by atoms with van der Waals surface area (Å²) in [7, 11) is -0.570. The van der Waals surface area contributed by atoms with Gasteiger partial charge in [0.1, 0.15) is 6.54 Å². The maximum Gasteiger partial charge on any atom is 0.241 e. The van der Waals surface area contributed by atoms with Gasteiger partial charge in [-0.05, 0) is 52.7 Å². The highest BCUT2D eigenvalue weighted by Crippen LogP contribution is 2.30. The van der Waals surface area contributed by atoms with E-state index in [1.54, 1.807) is 43.5 Å². The van der Waals surface area contributed by atoms with Crippen LogP contribution in [0.1, 0.15) is 18.5 Å². The molecule has 0 aliphatic heterocycles. The van der Waals surface area contributed by atoms with Crippen LogP contribution in [0, 0.1) is 0 Å². The molecule has 0 radical (unpaired) electrons. The summed E-state index contributed by atoms with van der Waals surface area (Å²) < 4.78 is 36.6. The zero-order chi connectivity index (χ0) is 20.9. The summed E-state index contributed by atoms with van der Waals surface area (Å²) in [6.45, 7) is 1.47. The molecule has 1 atom stereocenters. The van der Waals surface area contributed by atoms with Gasteiger partial charge in [0.2, 0.25) is 15.9 Å². The number of hydrogen-bond donors (Lipinski definition) is 1. The van der Waals surface area contributed by atoms with Gasteiger partial charge >= 0.3 is 0 Å². The van der Waals surface area contributed by atoms with Gasteiger partial charge in [0.15, 0.2) is 11.5 Å². The summed E-state index contributed by atoms with van der Waals surface area (Å²) in [5, 5.41) is 2.82. The second kappa shape index (κ2) is 9.29. The minimum atomic E-state index is -3.65. The van der Waals surface area contributed by atoms with E-state index in [0.29, 0.717) is 21.7 Å². The van der Waals surface area contributed by atoms with Gasteiger partial charge in [-0.15, -0.1) is 0 Å². The normalized spacial score (nSPS) is 12.2. The number of sulfonamides is 1. The van der Waals surface area contributed by atoms with Crippen LogP contribution in [-0.4, -0.2) is 41.3 Å². The molecular formula is C19H23BrN2O5S. The molecule has 0 saturated carbocycles. The van der Waals surface area contributed by atoms with E-state index in [4.69, 9.17) is 9.47 Å². The lowest BCUT2D eigenvalue weighted by Gasteiger charge is -2.24. The maximum absolute atomic E-state index is 12.6. The second-order valence-electron chi connectivity index (χ2n) is 6.12. The number of halogens is 1. The number of rotatable bonds is 8. The first-order valence-electron chi connectivity index (χ1n) is 8.41. The average molecular weight is 471 g/mol. The van der Waals surface area contributed by atoms with Crippen LogP contribution >= 0.6 is 15.9 Å². The van der Waals surface area contributed by atoms with Crippen LogP contribution < -0.4 is 19.1 Å². The van der Waals surface area contributed by atoms with E-state index in [1.807, 2.05) is 13.0 Å². The number of methoxy groups -OCH3 is 2. The van der Waals surface area contributed by atoms with Crippen LogP contribution in [0.5, 0.6) is 11.5 Å². The van der Waals surface area contributed by atoms with E-state index >= 15 is 0 Å². The van der Waals surface area contributed by atoms with Gasteiger partial charge in [-0.3, -0.25) is 9.10 Å². The molecular weight excluding hydrogens is 448 g/mol. The Balaban J connectivity index is 2.18. The van der Waals surface area contributed by atoms with Gasteiger partial charge in [0, 0.05) is 4.47 Å². The molecule has 0 bridgehead atoms. The Morgan fingerprint density at radius 3 is 2.36 bits per heavy atom. The number of nitrogens with one attached hydrogen (secondary N) is 1. The molecule has 1 amide bonds. The fourth-order valence-electron chi connectivity index (χ4n) is 2.66. The minimum Gasteiger partial charge on any atom is -0.493 e. The van der Waals surface area contributed by atoms with Gasteiger partial charge in [0.05, 0.1) is 32.2 Å². The number of carbonyl (C=O) groups is 1. The van der Waals surface area contributed by atoms with Gasteiger partial charge in [0.25, 0.3) is 0 Å². The standard InChI is InChI=1S/C19H23BrN2O5S/c1-13(14-9-10-17(26-2)18(11-14)27-3)21-19(23)12-22(28(4,24)25)16-8-6-5-7-15(16)20/h5-11,13H,12H2,1-4H3,(H,21,23)/t13-/m0/s1. The third kappa shape index (κ3) is 5.39. The van der Waals surface area contributed by atoms with E-state index in [0.717, 1.165) is 16.1 Å². The lowest BCUT2D eigenvalue weighted by atomic mass is 10.1. The first-order valence-corrected chi connectivity index (χ1v) is 11.0. The third-order valence-corrected chi connectivity index (χ3v) is 5.89. The molecule has 0 spiro atoms. The number of ether oxygens (including phenoxy) is 2. The van der Waals surface area contributed by atoms with Crippen LogP contribution in [0.4, 0.5) is 5.69 Å². The highest BCUT2D eigenvalue weighted by atomic mass is 79.9. The Kier molecular flexibility index (Phi) is 7.31. The van der Waals surface area contributed by atoms with Crippen molar-refractivity contribution in [3.63, 3.8) is 0 Å². The molecule has 2 rings (SSSR count). The fourth-order valence-corrected chi connectivity index (χ4v) is 4.14. The van der Waals surface area contributed by atoms with Crippen molar-refractivity contribution < 1.29 is 22.7 Å². The predicted octanol–water partition coefficient (Wildman–Crippen LogP) is 3.11. The fraction of sp³-hybridized carbons (Fsp3) is 0.316. The molecule has 7 nitrogen and oxygen atoms in total. The Hall–Kier alpha value is -2.26. The van der Waals surface area contributed by atoms with Crippen molar-refractivity contribution in [2.75, 3.05) is 31.3 Å². The topological polar surface area (TPSA) is 84.9 Å². The molecule has 2 aromatic rings. The van der Waals surface area contributed by atoms with Crippen LogP contribution in [-0.2, 0) is 14.8 Å². The van der Waals surface area contributed by atoms with Crippen LogP contribution in [0.15, 0.2) is 46.9 Å². The largest absolute Gasteiger partial charge is 0.493 e. The number of nitrogens with zero attached hydrogens (tertiary/aromatic N) is 1. The van der Waals surface area contributed by atoms with E-state index < -0.39 is 15.9 Å². The van der Waals surface area contributed by atoms with Crippen molar-refractivity contribution in [1.29, 1.82) is 0 Å². The molecule has 28 heavy (non-hydrogen) atoms. The van der Waals surface area contributed by atoms with Crippen LogP contribution in [0.3, 0.4) is 0 Å². The molecule has 0 unspecified atom stereocenters. The summed E-state index contributed by atoms with van der Waals surface area (Å²) in [5.74, 6) is 0.706. The number of hydrogen-bond acceptors (Lipinski definition) is 5. The predicted molar refractivity (Wildman–Crippen MR) is 112 cm³/mol. The quantitative estimate of drug-likeness (QED) is 0.640. The van der Waals surface area contributed by atoms with Crippen molar-refractivity contribution in [3.8, 4) is 11.5 Å².